The number of hydrogen-bond acceptors (Lipinski definition) is 3. The largest absolute Gasteiger partial charge is 0.329 e. The van der Waals surface area contributed by atoms with Crippen molar-refractivity contribution in [1.82, 2.24) is 9.38 Å². The topological polar surface area (TPSA) is 38.8 Å². The third-order valence-electron chi connectivity index (χ3n) is 3.35. The van der Waals surface area contributed by atoms with Gasteiger partial charge in [-0.3, -0.25) is 9.20 Å². The van der Waals surface area contributed by atoms with Crippen molar-refractivity contribution in [3.05, 3.63) is 67.5 Å². The van der Waals surface area contributed by atoms with E-state index in [1.165, 1.54) is 16.2 Å². The number of benzene rings is 1. The summed E-state index contributed by atoms with van der Waals surface area (Å²) >= 11 is 13.6. The zero-order valence-electron chi connectivity index (χ0n) is 11.8. The molecule has 3 rings (SSSR count). The lowest BCUT2D eigenvalue weighted by molar-refractivity contribution is -0.908. The summed E-state index contributed by atoms with van der Waals surface area (Å²) in [5.41, 5.74) is 1.77. The van der Waals surface area contributed by atoms with Crippen LogP contribution in [-0.4, -0.2) is 16.4 Å². The third kappa shape index (κ3) is 3.33. The van der Waals surface area contributed by atoms with Gasteiger partial charge in [0.05, 0.1) is 12.1 Å². The van der Waals surface area contributed by atoms with Gasteiger partial charge in [-0.1, -0.05) is 29.3 Å². The van der Waals surface area contributed by atoms with E-state index in [2.05, 4.69) is 4.98 Å². The van der Waals surface area contributed by atoms with E-state index in [1.54, 1.807) is 22.7 Å². The third-order valence-corrected chi connectivity index (χ3v) is 4.69. The summed E-state index contributed by atoms with van der Waals surface area (Å²) < 4.78 is 1.56. The van der Waals surface area contributed by atoms with E-state index in [1.807, 2.05) is 24.6 Å². The number of quaternary nitrogens is 1. The first-order valence-corrected chi connectivity index (χ1v) is 8.37. The fourth-order valence-corrected chi connectivity index (χ4v) is 3.55. The molecule has 0 aliphatic rings. The van der Waals surface area contributed by atoms with Crippen LogP contribution in [0.25, 0.3) is 4.96 Å². The van der Waals surface area contributed by atoms with Crippen molar-refractivity contribution in [3.8, 4) is 0 Å². The Morgan fingerprint density at radius 1 is 1.27 bits per heavy atom. The summed E-state index contributed by atoms with van der Waals surface area (Å²) in [7, 11) is 2.04. The van der Waals surface area contributed by atoms with Gasteiger partial charge in [-0.05, 0) is 12.1 Å². The number of hydrogen-bond donors (Lipinski definition) is 1. The number of nitrogens with zero attached hydrogens (tertiary/aromatic N) is 2. The van der Waals surface area contributed by atoms with Crippen LogP contribution in [-0.2, 0) is 13.1 Å². The minimum Gasteiger partial charge on any atom is -0.329 e. The first-order valence-electron chi connectivity index (χ1n) is 6.74. The highest BCUT2D eigenvalue weighted by Crippen LogP contribution is 2.20. The normalized spacial score (nSPS) is 12.7. The number of rotatable bonds is 4. The van der Waals surface area contributed by atoms with Crippen LogP contribution in [0.5, 0.6) is 0 Å². The van der Waals surface area contributed by atoms with Crippen molar-refractivity contribution in [1.29, 1.82) is 0 Å². The van der Waals surface area contributed by atoms with Crippen molar-refractivity contribution in [2.45, 2.75) is 13.1 Å². The van der Waals surface area contributed by atoms with Gasteiger partial charge in [-0.2, -0.15) is 0 Å². The first-order chi connectivity index (χ1) is 10.5. The molecule has 0 fully saturated rings. The lowest BCUT2D eigenvalue weighted by atomic mass is 10.2. The molecule has 0 saturated heterocycles. The smallest absolute Gasteiger partial charge is 0.258 e. The fourth-order valence-electron chi connectivity index (χ4n) is 2.34. The minimum absolute atomic E-state index is 0.0430. The molecule has 0 aliphatic heterocycles. The number of nitrogens with one attached hydrogen (secondary N) is 1. The second kappa shape index (κ2) is 6.38. The second-order valence-corrected chi connectivity index (χ2v) is 6.90. The molecule has 2 heterocycles. The predicted octanol–water partition coefficient (Wildman–Crippen LogP) is 2.28. The van der Waals surface area contributed by atoms with Crippen LogP contribution in [0.4, 0.5) is 0 Å². The van der Waals surface area contributed by atoms with Crippen LogP contribution >= 0.6 is 34.5 Å². The highest BCUT2D eigenvalue weighted by molar-refractivity contribution is 7.15. The molecule has 2 aromatic heterocycles. The molecule has 1 atom stereocenters. The van der Waals surface area contributed by atoms with Crippen LogP contribution in [0.1, 0.15) is 11.3 Å². The van der Waals surface area contributed by atoms with Crippen LogP contribution in [0.15, 0.2) is 40.6 Å². The van der Waals surface area contributed by atoms with Gasteiger partial charge >= 0.3 is 0 Å². The Hall–Kier alpha value is -1.40. The van der Waals surface area contributed by atoms with Gasteiger partial charge in [0.15, 0.2) is 4.96 Å². The lowest BCUT2D eigenvalue weighted by Gasteiger charge is -2.14. The Kier molecular flexibility index (Phi) is 4.49. The molecular formula is C15H14Cl2N3OS+. The zero-order valence-corrected chi connectivity index (χ0v) is 14.2. The van der Waals surface area contributed by atoms with Gasteiger partial charge in [-0.25, -0.2) is 4.98 Å². The molecule has 1 aromatic carbocycles. The SMILES string of the molecule is C[NH+](Cc1cc(=O)n2ccsc2n1)Cc1ccc(Cl)cc1Cl. The molecule has 0 spiro atoms. The molecular weight excluding hydrogens is 341 g/mol. The van der Waals surface area contributed by atoms with E-state index in [4.69, 9.17) is 23.2 Å². The van der Waals surface area contributed by atoms with Crippen LogP contribution in [0, 0.1) is 0 Å². The van der Waals surface area contributed by atoms with E-state index in [9.17, 15) is 4.79 Å². The number of halogens is 2. The van der Waals surface area contributed by atoms with Gasteiger partial charge in [0.1, 0.15) is 18.8 Å². The van der Waals surface area contributed by atoms with Crippen molar-refractivity contribution in [2.75, 3.05) is 7.05 Å². The molecule has 7 heteroatoms. The molecule has 0 saturated carbocycles. The predicted molar refractivity (Wildman–Crippen MR) is 90.1 cm³/mol. The maximum absolute atomic E-state index is 12.0. The summed E-state index contributed by atoms with van der Waals surface area (Å²) in [5, 5.41) is 3.15. The van der Waals surface area contributed by atoms with Gasteiger partial charge in [-0.15, -0.1) is 11.3 Å². The number of aromatic nitrogens is 2. The molecule has 3 aromatic rings. The number of fused-ring (bicyclic) bond motifs is 1. The molecule has 114 valence electrons. The van der Waals surface area contributed by atoms with Crippen molar-refractivity contribution < 1.29 is 4.90 Å². The lowest BCUT2D eigenvalue weighted by Crippen LogP contribution is -3.06. The Morgan fingerprint density at radius 2 is 2.09 bits per heavy atom. The standard InChI is InChI=1S/C15H13Cl2N3OS/c1-19(8-10-2-3-11(16)6-13(10)17)9-12-7-14(21)20-4-5-22-15(20)18-12/h2-7H,8-9H2,1H3/p+1. The maximum Gasteiger partial charge on any atom is 0.258 e. The fraction of sp³-hybridized carbons (Fsp3) is 0.200. The summed E-state index contributed by atoms with van der Waals surface area (Å²) in [6.07, 6.45) is 1.74. The molecule has 22 heavy (non-hydrogen) atoms. The van der Waals surface area contributed by atoms with E-state index >= 15 is 0 Å². The van der Waals surface area contributed by atoms with E-state index in [-0.39, 0.29) is 5.56 Å². The molecule has 0 bridgehead atoms. The van der Waals surface area contributed by atoms with E-state index in [0.717, 1.165) is 22.8 Å². The Balaban J connectivity index is 1.77. The van der Waals surface area contributed by atoms with Crippen LogP contribution < -0.4 is 10.5 Å². The molecule has 0 radical (unpaired) electrons. The van der Waals surface area contributed by atoms with E-state index in [0.29, 0.717) is 16.6 Å². The Morgan fingerprint density at radius 3 is 2.86 bits per heavy atom. The van der Waals surface area contributed by atoms with Crippen molar-refractivity contribution in [2.24, 2.45) is 0 Å². The van der Waals surface area contributed by atoms with Gasteiger partial charge in [0.25, 0.3) is 5.56 Å². The maximum atomic E-state index is 12.0. The van der Waals surface area contributed by atoms with Gasteiger partial charge in [0.2, 0.25) is 0 Å². The summed E-state index contributed by atoms with van der Waals surface area (Å²) in [6.45, 7) is 1.39. The zero-order chi connectivity index (χ0) is 15.7. The average molecular weight is 355 g/mol. The Labute approximate surface area is 141 Å². The number of thiazole rings is 1. The van der Waals surface area contributed by atoms with Crippen LogP contribution in [0.3, 0.4) is 0 Å². The molecule has 4 nitrogen and oxygen atoms in total. The highest BCUT2D eigenvalue weighted by Gasteiger charge is 2.11. The summed E-state index contributed by atoms with van der Waals surface area (Å²) in [5.74, 6) is 0. The minimum atomic E-state index is -0.0430. The highest BCUT2D eigenvalue weighted by atomic mass is 35.5. The summed E-state index contributed by atoms with van der Waals surface area (Å²) in [6, 6.07) is 7.10. The Bertz CT molecular complexity index is 875. The molecule has 0 aliphatic carbocycles. The quantitative estimate of drug-likeness (QED) is 0.780. The van der Waals surface area contributed by atoms with Crippen LogP contribution in [0.2, 0.25) is 10.0 Å². The van der Waals surface area contributed by atoms with Crippen molar-refractivity contribution >= 4 is 39.5 Å². The van der Waals surface area contributed by atoms with Gasteiger partial charge in [0, 0.05) is 28.2 Å². The molecule has 0 amide bonds. The van der Waals surface area contributed by atoms with Gasteiger partial charge < -0.3 is 4.90 Å². The molecule has 1 unspecified atom stereocenters. The van der Waals surface area contributed by atoms with Crippen molar-refractivity contribution in [3.63, 3.8) is 0 Å². The average Bonchev–Trinajstić information content (AvgIpc) is 2.91. The van der Waals surface area contributed by atoms with E-state index < -0.39 is 0 Å². The second-order valence-electron chi connectivity index (χ2n) is 5.19. The first kappa shape index (κ1) is 15.5. The molecule has 1 N–H and O–H groups in total. The monoisotopic (exact) mass is 354 g/mol. The summed E-state index contributed by atoms with van der Waals surface area (Å²) in [4.78, 5) is 18.4.